The molecule has 5 rings (SSSR count). The number of sulfonamides is 1. The maximum Gasteiger partial charge on any atom is 0.262 e. The van der Waals surface area contributed by atoms with E-state index in [1.807, 2.05) is 18.2 Å². The van der Waals surface area contributed by atoms with Gasteiger partial charge in [0.2, 0.25) is 5.91 Å². The number of benzene rings is 3. The molecule has 1 aliphatic rings. The third-order valence-corrected chi connectivity index (χ3v) is 7.46. The number of para-hydroxylation sites is 1. The van der Waals surface area contributed by atoms with Crippen LogP contribution < -0.4 is 10.0 Å². The summed E-state index contributed by atoms with van der Waals surface area (Å²) in [6.07, 6.45) is 4.67. The standard InChI is InChI=1S/C27H26N4O3S/c1-2-31-24-10-4-3-9-22(24)23-17-19(12-14-25(23)31)13-15-27(32)29-20-7-5-8-21(18-20)35(33,34)30-26-11-6-16-28-26/h3-5,7-10,12-15,17-18H,2,6,11,16H2,1H3,(H,28,30)(H,29,32)/b15-13+. The molecule has 0 atom stereocenters. The lowest BCUT2D eigenvalue weighted by Gasteiger charge is -2.09. The Hall–Kier alpha value is -3.91. The molecule has 35 heavy (non-hydrogen) atoms. The zero-order valence-electron chi connectivity index (χ0n) is 19.4. The van der Waals surface area contributed by atoms with Gasteiger partial charge in [-0.05, 0) is 61.4 Å². The second-order valence-electron chi connectivity index (χ2n) is 8.43. The first-order chi connectivity index (χ1) is 16.9. The normalized spacial score (nSPS) is 14.0. The Morgan fingerprint density at radius 3 is 2.66 bits per heavy atom. The summed E-state index contributed by atoms with van der Waals surface area (Å²) in [6.45, 7) is 3.64. The topological polar surface area (TPSA) is 92.6 Å². The molecule has 0 saturated heterocycles. The van der Waals surface area contributed by atoms with E-state index in [1.165, 1.54) is 29.1 Å². The van der Waals surface area contributed by atoms with Crippen LogP contribution in [0.25, 0.3) is 27.9 Å². The highest BCUT2D eigenvalue weighted by Crippen LogP contribution is 2.30. The number of aryl methyl sites for hydroxylation is 1. The van der Waals surface area contributed by atoms with E-state index in [-0.39, 0.29) is 10.8 Å². The molecular weight excluding hydrogens is 460 g/mol. The maximum absolute atomic E-state index is 12.6. The molecule has 4 aromatic rings. The van der Waals surface area contributed by atoms with E-state index in [0.717, 1.165) is 29.4 Å². The molecule has 1 aliphatic heterocycles. The van der Waals surface area contributed by atoms with Gasteiger partial charge in [0, 0.05) is 53.1 Å². The quantitative estimate of drug-likeness (QED) is 0.378. The van der Waals surface area contributed by atoms with Crippen LogP contribution in [0.1, 0.15) is 25.3 Å². The van der Waals surface area contributed by atoms with E-state index in [4.69, 9.17) is 0 Å². The SMILES string of the molecule is CCn1c2ccccc2c2cc(/C=C/C(=O)Nc3cccc(S(=O)(=O)NC4=NCCC4)c3)ccc21. The number of carbonyl (C=O) groups is 1. The monoisotopic (exact) mass is 486 g/mol. The van der Waals surface area contributed by atoms with Gasteiger partial charge < -0.3 is 9.88 Å². The van der Waals surface area contributed by atoms with Crippen molar-refractivity contribution in [3.05, 3.63) is 78.4 Å². The number of nitrogens with zero attached hydrogens (tertiary/aromatic N) is 2. The minimum absolute atomic E-state index is 0.0756. The number of hydrogen-bond donors (Lipinski definition) is 2. The molecule has 0 unspecified atom stereocenters. The summed E-state index contributed by atoms with van der Waals surface area (Å²) < 4.78 is 30.1. The van der Waals surface area contributed by atoms with Gasteiger partial charge in [-0.15, -0.1) is 0 Å². The average Bonchev–Trinajstić information content (AvgIpc) is 3.48. The molecule has 7 nitrogen and oxygen atoms in total. The molecule has 0 bridgehead atoms. The van der Waals surface area contributed by atoms with E-state index in [9.17, 15) is 13.2 Å². The molecule has 2 N–H and O–H groups in total. The summed E-state index contributed by atoms with van der Waals surface area (Å²) >= 11 is 0. The van der Waals surface area contributed by atoms with Crippen molar-refractivity contribution in [2.45, 2.75) is 31.2 Å². The number of anilines is 1. The Bertz CT molecular complexity index is 1600. The van der Waals surface area contributed by atoms with E-state index in [0.29, 0.717) is 24.5 Å². The fourth-order valence-electron chi connectivity index (χ4n) is 4.45. The van der Waals surface area contributed by atoms with Crippen molar-refractivity contribution in [1.29, 1.82) is 0 Å². The highest BCUT2D eigenvalue weighted by Gasteiger charge is 2.18. The van der Waals surface area contributed by atoms with Gasteiger partial charge in [0.1, 0.15) is 5.84 Å². The first-order valence-electron chi connectivity index (χ1n) is 11.6. The molecule has 0 radical (unpaired) electrons. The summed E-state index contributed by atoms with van der Waals surface area (Å²) in [5, 5.41) is 5.07. The van der Waals surface area contributed by atoms with Crippen LogP contribution in [0, 0.1) is 0 Å². The van der Waals surface area contributed by atoms with Crippen molar-refractivity contribution in [3.63, 3.8) is 0 Å². The van der Waals surface area contributed by atoms with Gasteiger partial charge in [0.05, 0.1) is 4.90 Å². The summed E-state index contributed by atoms with van der Waals surface area (Å²) in [5.74, 6) is 0.130. The van der Waals surface area contributed by atoms with Crippen molar-refractivity contribution in [1.82, 2.24) is 9.29 Å². The molecule has 0 aliphatic carbocycles. The zero-order valence-corrected chi connectivity index (χ0v) is 20.2. The smallest absolute Gasteiger partial charge is 0.262 e. The predicted octanol–water partition coefficient (Wildman–Crippen LogP) is 4.94. The van der Waals surface area contributed by atoms with Crippen LogP contribution in [-0.2, 0) is 21.4 Å². The summed E-state index contributed by atoms with van der Waals surface area (Å²) in [6, 6.07) is 20.6. The van der Waals surface area contributed by atoms with Crippen LogP contribution in [0.15, 0.2) is 82.7 Å². The Balaban J connectivity index is 1.33. The summed E-state index contributed by atoms with van der Waals surface area (Å²) in [4.78, 5) is 16.8. The highest BCUT2D eigenvalue weighted by molar-refractivity contribution is 7.90. The third kappa shape index (κ3) is 4.70. The Labute approximate surface area is 204 Å². The Morgan fingerprint density at radius 2 is 1.86 bits per heavy atom. The highest BCUT2D eigenvalue weighted by atomic mass is 32.2. The zero-order chi connectivity index (χ0) is 24.4. The van der Waals surface area contributed by atoms with Gasteiger partial charge in [-0.25, -0.2) is 8.42 Å². The van der Waals surface area contributed by atoms with Crippen LogP contribution >= 0.6 is 0 Å². The summed E-state index contributed by atoms with van der Waals surface area (Å²) in [5.41, 5.74) is 3.65. The lowest BCUT2D eigenvalue weighted by molar-refractivity contribution is -0.111. The average molecular weight is 487 g/mol. The van der Waals surface area contributed by atoms with Crippen molar-refractivity contribution in [3.8, 4) is 0 Å². The minimum atomic E-state index is -3.75. The molecule has 0 saturated carbocycles. The van der Waals surface area contributed by atoms with Gasteiger partial charge in [-0.1, -0.05) is 30.3 Å². The lowest BCUT2D eigenvalue weighted by Crippen LogP contribution is -2.29. The van der Waals surface area contributed by atoms with Gasteiger partial charge in [-0.3, -0.25) is 14.5 Å². The number of hydrogen-bond acceptors (Lipinski definition) is 4. The Morgan fingerprint density at radius 1 is 1.03 bits per heavy atom. The van der Waals surface area contributed by atoms with Crippen LogP contribution in [0.2, 0.25) is 0 Å². The number of aliphatic imine (C=N–C) groups is 1. The van der Waals surface area contributed by atoms with Crippen molar-refractivity contribution in [2.24, 2.45) is 4.99 Å². The van der Waals surface area contributed by atoms with Crippen molar-refractivity contribution >= 4 is 55.3 Å². The van der Waals surface area contributed by atoms with Crippen molar-refractivity contribution in [2.75, 3.05) is 11.9 Å². The van der Waals surface area contributed by atoms with Crippen LogP contribution in [0.3, 0.4) is 0 Å². The molecule has 1 amide bonds. The first kappa shape index (κ1) is 22.9. The number of nitrogens with one attached hydrogen (secondary N) is 2. The number of amidine groups is 1. The second-order valence-corrected chi connectivity index (χ2v) is 10.1. The van der Waals surface area contributed by atoms with Gasteiger partial charge in [0.15, 0.2) is 0 Å². The van der Waals surface area contributed by atoms with Crippen molar-refractivity contribution < 1.29 is 13.2 Å². The first-order valence-corrected chi connectivity index (χ1v) is 13.1. The van der Waals surface area contributed by atoms with Gasteiger partial charge in [-0.2, -0.15) is 0 Å². The fourth-order valence-corrected chi connectivity index (χ4v) is 5.58. The molecule has 178 valence electrons. The molecule has 0 spiro atoms. The number of aromatic nitrogens is 1. The summed E-state index contributed by atoms with van der Waals surface area (Å²) in [7, 11) is -3.75. The number of carbonyl (C=O) groups excluding carboxylic acids is 1. The molecule has 3 aromatic carbocycles. The maximum atomic E-state index is 12.6. The molecule has 0 fully saturated rings. The van der Waals surface area contributed by atoms with Crippen LogP contribution in [0.4, 0.5) is 5.69 Å². The Kier molecular flexibility index (Phi) is 6.13. The van der Waals surface area contributed by atoms with Crippen LogP contribution in [0.5, 0.6) is 0 Å². The third-order valence-electron chi connectivity index (χ3n) is 6.08. The van der Waals surface area contributed by atoms with E-state index >= 15 is 0 Å². The predicted molar refractivity (Wildman–Crippen MR) is 141 cm³/mol. The van der Waals surface area contributed by atoms with E-state index < -0.39 is 10.0 Å². The minimum Gasteiger partial charge on any atom is -0.341 e. The van der Waals surface area contributed by atoms with Gasteiger partial charge >= 0.3 is 0 Å². The largest absolute Gasteiger partial charge is 0.341 e. The second kappa shape index (κ2) is 9.38. The molecule has 2 heterocycles. The van der Waals surface area contributed by atoms with E-state index in [2.05, 4.69) is 50.8 Å². The molecule has 1 aromatic heterocycles. The number of amides is 1. The van der Waals surface area contributed by atoms with Crippen LogP contribution in [-0.4, -0.2) is 31.3 Å². The molecule has 8 heteroatoms. The number of fused-ring (bicyclic) bond motifs is 3. The lowest BCUT2D eigenvalue weighted by atomic mass is 10.1. The fraction of sp³-hybridized carbons (Fsp3) is 0.185. The van der Waals surface area contributed by atoms with E-state index in [1.54, 1.807) is 18.2 Å². The molecular formula is C27H26N4O3S. The van der Waals surface area contributed by atoms with Gasteiger partial charge in [0.25, 0.3) is 10.0 Å². The number of rotatable bonds is 6.